The van der Waals surface area contributed by atoms with Crippen LogP contribution >= 0.6 is 22.9 Å². The molecule has 48 heavy (non-hydrogen) atoms. The Balaban J connectivity index is 0.000000588. The second-order valence-corrected chi connectivity index (χ2v) is 18.0. The molecule has 274 valence electrons. The molecule has 1 aromatic heterocycles. The van der Waals surface area contributed by atoms with E-state index >= 15 is 0 Å². The third-order valence-electron chi connectivity index (χ3n) is 10.3. The zero-order chi connectivity index (χ0) is 36.0. The van der Waals surface area contributed by atoms with Crippen LogP contribution in [-0.4, -0.2) is 31.7 Å². The van der Waals surface area contributed by atoms with Gasteiger partial charge in [0, 0.05) is 29.9 Å². The highest BCUT2D eigenvalue weighted by molar-refractivity contribution is 8.45. The molecule has 4 aliphatic rings. The van der Waals surface area contributed by atoms with Crippen LogP contribution in [0.3, 0.4) is 0 Å². The first-order valence-corrected chi connectivity index (χ1v) is 19.9. The third kappa shape index (κ3) is 8.13. The summed E-state index contributed by atoms with van der Waals surface area (Å²) in [5.74, 6) is 0.0292. The zero-order valence-electron chi connectivity index (χ0n) is 29.7. The summed E-state index contributed by atoms with van der Waals surface area (Å²) in [6, 6.07) is 3.15. The molecule has 2 aliphatic heterocycles. The highest BCUT2D eigenvalue weighted by Crippen LogP contribution is 3.02. The minimum absolute atomic E-state index is 0.0292. The molecule has 2 atom stereocenters. The van der Waals surface area contributed by atoms with E-state index in [4.69, 9.17) is 14.3 Å². The van der Waals surface area contributed by atoms with Crippen LogP contribution in [0.1, 0.15) is 145 Å². The lowest BCUT2D eigenvalue weighted by Gasteiger charge is -2.40. The predicted octanol–water partition coefficient (Wildman–Crippen LogP) is 10.5. The first kappa shape index (κ1) is 39.2. The van der Waals surface area contributed by atoms with E-state index in [0.29, 0.717) is 62.0 Å². The molecular formula is C36H55F5NO4S2+. The number of halogens is 5. The lowest BCUT2D eigenvalue weighted by Crippen LogP contribution is -2.54. The Morgan fingerprint density at radius 2 is 1.52 bits per heavy atom. The zero-order valence-corrected chi connectivity index (χ0v) is 31.4. The molecule has 1 aromatic carbocycles. The smallest absolute Gasteiger partial charge is 0.310 e. The van der Waals surface area contributed by atoms with Crippen LogP contribution in [0.25, 0.3) is 0 Å². The summed E-state index contributed by atoms with van der Waals surface area (Å²) in [5.41, 5.74) is 4.33. The summed E-state index contributed by atoms with van der Waals surface area (Å²) < 4.78 is 82.1. The summed E-state index contributed by atoms with van der Waals surface area (Å²) >= 11 is 3.53. The van der Waals surface area contributed by atoms with E-state index in [1.807, 2.05) is 4.73 Å². The third-order valence-corrected chi connectivity index (χ3v) is 11.4. The van der Waals surface area contributed by atoms with E-state index in [1.54, 1.807) is 13.4 Å². The van der Waals surface area contributed by atoms with E-state index in [-0.39, 0.29) is 11.3 Å². The molecule has 12 heteroatoms. The average molecular weight is 725 g/mol. The van der Waals surface area contributed by atoms with Gasteiger partial charge in [0.15, 0.2) is 0 Å². The monoisotopic (exact) mass is 724 g/mol. The second-order valence-electron chi connectivity index (χ2n) is 15.6. The van der Waals surface area contributed by atoms with Gasteiger partial charge >= 0.3 is 10.2 Å². The molecular weight excluding hydrogens is 670 g/mol. The quantitative estimate of drug-likeness (QED) is 0.187. The van der Waals surface area contributed by atoms with Gasteiger partial charge in [-0.1, -0.05) is 92.4 Å². The summed E-state index contributed by atoms with van der Waals surface area (Å²) in [7, 11) is -8.24. The summed E-state index contributed by atoms with van der Waals surface area (Å²) in [5, 5.41) is 11.6. The molecule has 1 saturated heterocycles. The molecule has 2 unspecified atom stereocenters. The van der Waals surface area contributed by atoms with E-state index in [2.05, 4.69) is 54.2 Å². The molecule has 0 amide bonds. The maximum atomic E-state index is 13.5. The first-order valence-electron chi connectivity index (χ1n) is 17.0. The van der Waals surface area contributed by atoms with Crippen LogP contribution in [0.15, 0.2) is 29.2 Å². The Bertz CT molecular complexity index is 1450. The number of aromatic nitrogens is 1. The lowest BCUT2D eigenvalue weighted by atomic mass is 9.70. The SMILES string of the molecule is CCC(C)(C)C.CO[n+]1c2c(c3c(c1C1CCOCC1)C(c1ccc(S(F)(F)(F)(F)F)cc1)OC31CCCC1)C(O)CC(C)(C)C2.CS. The molecule has 1 saturated carbocycles. The van der Waals surface area contributed by atoms with E-state index in [1.165, 1.54) is 6.42 Å². The van der Waals surface area contributed by atoms with Crippen molar-refractivity contribution in [2.45, 2.75) is 128 Å². The second kappa shape index (κ2) is 13.2. The van der Waals surface area contributed by atoms with Gasteiger partial charge in [-0.05, 0) is 66.9 Å². The predicted molar refractivity (Wildman–Crippen MR) is 185 cm³/mol. The van der Waals surface area contributed by atoms with Crippen molar-refractivity contribution in [1.29, 1.82) is 0 Å². The van der Waals surface area contributed by atoms with Gasteiger partial charge < -0.3 is 14.6 Å². The van der Waals surface area contributed by atoms with Crippen molar-refractivity contribution in [3.63, 3.8) is 0 Å². The van der Waals surface area contributed by atoms with E-state index in [0.717, 1.165) is 65.9 Å². The van der Waals surface area contributed by atoms with Crippen LogP contribution in [0.4, 0.5) is 19.4 Å². The molecule has 0 radical (unpaired) electrons. The van der Waals surface area contributed by atoms with Crippen molar-refractivity contribution in [3.05, 3.63) is 57.9 Å². The number of aliphatic hydroxyl groups is 1. The van der Waals surface area contributed by atoms with E-state index in [9.17, 15) is 24.5 Å². The fraction of sp³-hybridized carbons (Fsp3) is 0.694. The maximum absolute atomic E-state index is 13.5. The van der Waals surface area contributed by atoms with Crippen molar-refractivity contribution >= 4 is 22.9 Å². The Kier molecular flexibility index (Phi) is 10.8. The molecule has 5 nitrogen and oxygen atoms in total. The number of pyridine rings is 1. The van der Waals surface area contributed by atoms with Gasteiger partial charge in [0.05, 0.1) is 28.7 Å². The number of hydrogen-bond acceptors (Lipinski definition) is 5. The summed E-state index contributed by atoms with van der Waals surface area (Å²) in [6.45, 7) is 14.3. The largest absolute Gasteiger partial charge is 0.388 e. The van der Waals surface area contributed by atoms with Crippen molar-refractivity contribution in [3.8, 4) is 0 Å². The Morgan fingerprint density at radius 1 is 0.979 bits per heavy atom. The fourth-order valence-electron chi connectivity index (χ4n) is 7.57. The summed E-state index contributed by atoms with van der Waals surface area (Å²) in [4.78, 5) is 4.14. The molecule has 6 rings (SSSR count). The molecule has 2 fully saturated rings. The van der Waals surface area contributed by atoms with Gasteiger partial charge in [-0.3, -0.25) is 4.84 Å². The normalized spacial score (nSPS) is 24.6. The maximum Gasteiger partial charge on any atom is 0.310 e. The number of ether oxygens (including phenoxy) is 2. The number of fused-ring (bicyclic) bond motifs is 4. The fourth-order valence-corrected chi connectivity index (χ4v) is 8.22. The van der Waals surface area contributed by atoms with Gasteiger partial charge in [-0.2, -0.15) is 12.6 Å². The number of nitrogens with zero attached hydrogens (tertiary/aromatic N) is 1. The number of thiol groups is 1. The molecule has 1 spiro atoms. The van der Waals surface area contributed by atoms with Gasteiger partial charge in [-0.15, -0.1) is 0 Å². The number of aliphatic hydroxyl groups excluding tert-OH is 1. The van der Waals surface area contributed by atoms with E-state index < -0.39 is 32.9 Å². The van der Waals surface area contributed by atoms with Crippen molar-refractivity contribution in [2.24, 2.45) is 10.8 Å². The van der Waals surface area contributed by atoms with Gasteiger partial charge in [-0.25, -0.2) is 0 Å². The van der Waals surface area contributed by atoms with Crippen LogP contribution in [0, 0.1) is 10.8 Å². The van der Waals surface area contributed by atoms with Crippen LogP contribution in [0.2, 0.25) is 0 Å². The minimum Gasteiger partial charge on any atom is -0.388 e. The van der Waals surface area contributed by atoms with Crippen LogP contribution in [-0.2, 0) is 21.5 Å². The molecule has 0 bridgehead atoms. The van der Waals surface area contributed by atoms with Crippen LogP contribution < -0.4 is 9.57 Å². The topological polar surface area (TPSA) is 51.8 Å². The molecule has 1 N–H and O–H groups in total. The number of benzene rings is 1. The number of rotatable bonds is 4. The Labute approximate surface area is 289 Å². The highest BCUT2D eigenvalue weighted by Gasteiger charge is 2.65. The standard InChI is InChI=1S/C29H37F5NO4S.C6H14.CH4S/c1-28(2)16-21-23(22(36)17-28)25-24(26(35(21)37-3)18-10-14-38-15-11-18)27(39-29(25)12-4-5-13-29)19-6-8-20(9-7-19)40(30,31,32,33)34;1-5-6(2,3)4;1-2/h6-9,18,22,27,36H,4-5,10-17H2,1-3H3;5H2,1-4H3;2H,1H3/q+1;;. The summed E-state index contributed by atoms with van der Waals surface area (Å²) in [6.07, 6.45) is 7.34. The molecule has 2 aliphatic carbocycles. The minimum atomic E-state index is -9.83. The molecule has 3 heterocycles. The average Bonchev–Trinajstić information content (AvgIpc) is 3.61. The van der Waals surface area contributed by atoms with Crippen molar-refractivity contribution in [1.82, 2.24) is 0 Å². The molecule has 2 aromatic rings. The van der Waals surface area contributed by atoms with Crippen LogP contribution in [0.5, 0.6) is 0 Å². The van der Waals surface area contributed by atoms with Gasteiger partial charge in [0.25, 0.3) is 0 Å². The number of hydrogen-bond donors (Lipinski definition) is 2. The van der Waals surface area contributed by atoms with Gasteiger partial charge in [0.2, 0.25) is 11.4 Å². The van der Waals surface area contributed by atoms with Gasteiger partial charge in [0.1, 0.15) is 18.1 Å². The lowest BCUT2D eigenvalue weighted by molar-refractivity contribution is -0.897. The highest BCUT2D eigenvalue weighted by atomic mass is 32.5. The van der Waals surface area contributed by atoms with Crippen molar-refractivity contribution < 1.29 is 43.6 Å². The Morgan fingerprint density at radius 3 is 2.00 bits per heavy atom. The Hall–Kier alpha value is -1.60. The van der Waals surface area contributed by atoms with Crippen molar-refractivity contribution in [2.75, 3.05) is 26.6 Å². The first-order chi connectivity index (χ1) is 22.1.